The third-order valence-corrected chi connectivity index (χ3v) is 2.15. The van der Waals surface area contributed by atoms with Gasteiger partial charge in [0.15, 0.2) is 0 Å². The number of carbonyl (C=O) groups is 1. The lowest BCUT2D eigenvalue weighted by atomic mass is 10.2. The Morgan fingerprint density at radius 3 is 2.23 bits per heavy atom. The van der Waals surface area contributed by atoms with Crippen molar-refractivity contribution in [3.63, 3.8) is 0 Å². The molecule has 0 heterocycles. The molecule has 0 radical (unpaired) electrons. The van der Waals surface area contributed by atoms with E-state index in [-0.39, 0.29) is 0 Å². The molecule has 0 aromatic carbocycles. The third-order valence-electron chi connectivity index (χ3n) is 2.15. The van der Waals surface area contributed by atoms with E-state index >= 15 is 0 Å². The Labute approximate surface area is 82.3 Å². The topological polar surface area (TPSA) is 20.3 Å². The molecule has 2 heteroatoms. The second-order valence-electron chi connectivity index (χ2n) is 3.85. The van der Waals surface area contributed by atoms with Crippen LogP contribution in [0.5, 0.6) is 0 Å². The molecular formula is C11H23NO. The van der Waals surface area contributed by atoms with E-state index < -0.39 is 0 Å². The van der Waals surface area contributed by atoms with E-state index in [1.54, 1.807) is 0 Å². The molecule has 0 bridgehead atoms. The fourth-order valence-electron chi connectivity index (χ4n) is 1.39. The van der Waals surface area contributed by atoms with Crippen LogP contribution in [-0.2, 0) is 4.79 Å². The van der Waals surface area contributed by atoms with E-state index in [1.165, 1.54) is 0 Å². The molecule has 0 rings (SSSR count). The van der Waals surface area contributed by atoms with Crippen molar-refractivity contribution in [3.8, 4) is 0 Å². The van der Waals surface area contributed by atoms with Crippen molar-refractivity contribution >= 4 is 5.78 Å². The Kier molecular flexibility index (Phi) is 6.87. The van der Waals surface area contributed by atoms with Crippen LogP contribution in [-0.4, -0.2) is 29.8 Å². The molecule has 78 valence electrons. The second-order valence-corrected chi connectivity index (χ2v) is 3.85. The van der Waals surface area contributed by atoms with Crippen molar-refractivity contribution in [2.24, 2.45) is 0 Å². The SMILES string of the molecule is CCCC(=O)CN(CCC)C(C)C. The van der Waals surface area contributed by atoms with E-state index in [9.17, 15) is 4.79 Å². The molecule has 0 saturated carbocycles. The Bertz CT molecular complexity index is 143. The first-order chi connectivity index (χ1) is 6.11. The van der Waals surface area contributed by atoms with Gasteiger partial charge in [0.25, 0.3) is 0 Å². The van der Waals surface area contributed by atoms with E-state index in [2.05, 4.69) is 32.6 Å². The van der Waals surface area contributed by atoms with Gasteiger partial charge in [-0.05, 0) is 33.2 Å². The monoisotopic (exact) mass is 185 g/mol. The van der Waals surface area contributed by atoms with E-state index in [4.69, 9.17) is 0 Å². The number of nitrogens with zero attached hydrogens (tertiary/aromatic N) is 1. The Morgan fingerprint density at radius 2 is 1.85 bits per heavy atom. The fourth-order valence-corrected chi connectivity index (χ4v) is 1.39. The Hall–Kier alpha value is -0.370. The number of ketones is 1. The summed E-state index contributed by atoms with van der Waals surface area (Å²) in [5.74, 6) is 0.379. The van der Waals surface area contributed by atoms with Crippen LogP contribution in [0.15, 0.2) is 0 Å². The van der Waals surface area contributed by atoms with Gasteiger partial charge in [-0.2, -0.15) is 0 Å². The Balaban J connectivity index is 3.86. The molecule has 0 saturated heterocycles. The average molecular weight is 185 g/mol. The van der Waals surface area contributed by atoms with Crippen LogP contribution in [0.25, 0.3) is 0 Å². The van der Waals surface area contributed by atoms with Crippen LogP contribution >= 0.6 is 0 Å². The lowest BCUT2D eigenvalue weighted by molar-refractivity contribution is -0.120. The largest absolute Gasteiger partial charge is 0.298 e. The summed E-state index contributed by atoms with van der Waals surface area (Å²) in [6.45, 7) is 10.2. The van der Waals surface area contributed by atoms with Crippen LogP contribution in [0.1, 0.15) is 47.0 Å². The van der Waals surface area contributed by atoms with Crippen molar-refractivity contribution < 1.29 is 4.79 Å². The van der Waals surface area contributed by atoms with Crippen LogP contribution in [0.2, 0.25) is 0 Å². The van der Waals surface area contributed by atoms with Crippen molar-refractivity contribution in [1.29, 1.82) is 0 Å². The lowest BCUT2D eigenvalue weighted by Gasteiger charge is -2.24. The predicted molar refractivity (Wildman–Crippen MR) is 56.9 cm³/mol. The molecule has 0 fully saturated rings. The molecule has 13 heavy (non-hydrogen) atoms. The molecule has 0 aliphatic carbocycles. The van der Waals surface area contributed by atoms with Gasteiger partial charge in [-0.25, -0.2) is 0 Å². The molecule has 0 spiro atoms. The summed E-state index contributed by atoms with van der Waals surface area (Å²) in [6, 6.07) is 0.487. The fraction of sp³-hybridized carbons (Fsp3) is 0.909. The minimum Gasteiger partial charge on any atom is -0.298 e. The van der Waals surface area contributed by atoms with Crippen molar-refractivity contribution in [3.05, 3.63) is 0 Å². The van der Waals surface area contributed by atoms with Gasteiger partial charge in [0.05, 0.1) is 6.54 Å². The summed E-state index contributed by atoms with van der Waals surface area (Å²) in [5, 5.41) is 0. The van der Waals surface area contributed by atoms with Crippen molar-refractivity contribution in [2.45, 2.75) is 53.0 Å². The highest BCUT2D eigenvalue weighted by Gasteiger charge is 2.11. The summed E-state index contributed by atoms with van der Waals surface area (Å²) in [6.07, 6.45) is 2.82. The Morgan fingerprint density at radius 1 is 1.23 bits per heavy atom. The molecular weight excluding hydrogens is 162 g/mol. The quantitative estimate of drug-likeness (QED) is 0.607. The van der Waals surface area contributed by atoms with Gasteiger partial charge in [0, 0.05) is 12.5 Å². The standard InChI is InChI=1S/C11H23NO/c1-5-7-11(13)9-12(8-6-2)10(3)4/h10H,5-9H2,1-4H3. The van der Waals surface area contributed by atoms with Gasteiger partial charge in [0.2, 0.25) is 0 Å². The maximum atomic E-state index is 11.4. The van der Waals surface area contributed by atoms with Crippen molar-refractivity contribution in [1.82, 2.24) is 4.90 Å². The molecule has 0 unspecified atom stereocenters. The summed E-state index contributed by atoms with van der Waals surface area (Å²) in [7, 11) is 0. The van der Waals surface area contributed by atoms with Gasteiger partial charge in [0.1, 0.15) is 5.78 Å². The second kappa shape index (κ2) is 7.07. The average Bonchev–Trinajstić information content (AvgIpc) is 2.04. The zero-order valence-corrected chi connectivity index (χ0v) is 9.47. The zero-order valence-electron chi connectivity index (χ0n) is 9.47. The summed E-state index contributed by atoms with van der Waals surface area (Å²) in [4.78, 5) is 13.6. The number of hydrogen-bond acceptors (Lipinski definition) is 2. The van der Waals surface area contributed by atoms with Crippen LogP contribution < -0.4 is 0 Å². The van der Waals surface area contributed by atoms with Crippen LogP contribution in [0, 0.1) is 0 Å². The van der Waals surface area contributed by atoms with Crippen LogP contribution in [0.4, 0.5) is 0 Å². The number of Topliss-reactive ketones (excluding diaryl/α,β-unsaturated/α-hetero) is 1. The maximum absolute atomic E-state index is 11.4. The van der Waals surface area contributed by atoms with Gasteiger partial charge in [-0.3, -0.25) is 9.69 Å². The molecule has 0 atom stereocenters. The van der Waals surface area contributed by atoms with Crippen LogP contribution in [0.3, 0.4) is 0 Å². The van der Waals surface area contributed by atoms with Crippen molar-refractivity contribution in [2.75, 3.05) is 13.1 Å². The first-order valence-electron chi connectivity index (χ1n) is 5.37. The van der Waals surface area contributed by atoms with Gasteiger partial charge < -0.3 is 0 Å². The van der Waals surface area contributed by atoms with Gasteiger partial charge >= 0.3 is 0 Å². The normalized spacial score (nSPS) is 11.2. The minimum absolute atomic E-state index is 0.379. The molecule has 2 nitrogen and oxygen atoms in total. The molecule has 0 amide bonds. The highest BCUT2D eigenvalue weighted by molar-refractivity contribution is 5.80. The maximum Gasteiger partial charge on any atom is 0.146 e. The van der Waals surface area contributed by atoms with Gasteiger partial charge in [-0.1, -0.05) is 13.8 Å². The zero-order chi connectivity index (χ0) is 10.3. The first kappa shape index (κ1) is 12.6. The third kappa shape index (κ3) is 5.81. The molecule has 0 aromatic heterocycles. The molecule has 0 N–H and O–H groups in total. The highest BCUT2D eigenvalue weighted by Crippen LogP contribution is 2.01. The molecule has 0 aliphatic rings. The molecule has 0 aliphatic heterocycles. The number of rotatable bonds is 7. The highest BCUT2D eigenvalue weighted by atomic mass is 16.1. The van der Waals surface area contributed by atoms with E-state index in [0.717, 1.165) is 25.8 Å². The minimum atomic E-state index is 0.379. The first-order valence-corrected chi connectivity index (χ1v) is 5.37. The van der Waals surface area contributed by atoms with E-state index in [1.807, 2.05) is 0 Å². The predicted octanol–water partition coefficient (Wildman–Crippen LogP) is 2.48. The summed E-state index contributed by atoms with van der Waals surface area (Å²) in [5.41, 5.74) is 0. The smallest absolute Gasteiger partial charge is 0.146 e. The summed E-state index contributed by atoms with van der Waals surface area (Å²) >= 11 is 0. The van der Waals surface area contributed by atoms with Gasteiger partial charge in [-0.15, -0.1) is 0 Å². The number of carbonyl (C=O) groups excluding carboxylic acids is 1. The lowest BCUT2D eigenvalue weighted by Crippen LogP contribution is -2.36. The summed E-state index contributed by atoms with van der Waals surface area (Å²) < 4.78 is 0. The molecule has 0 aromatic rings. The van der Waals surface area contributed by atoms with E-state index in [0.29, 0.717) is 18.4 Å². The number of hydrogen-bond donors (Lipinski definition) is 0.